The fourth-order valence-corrected chi connectivity index (χ4v) is 2.01. The largest absolute Gasteiger partial charge is 0.449 e. The number of nitrogens with zero attached hydrogens (tertiary/aromatic N) is 1. The van der Waals surface area contributed by atoms with Gasteiger partial charge < -0.3 is 4.74 Å². The first-order valence-electron chi connectivity index (χ1n) is 5.27. The third kappa shape index (κ3) is 2.57. The molecule has 1 aliphatic heterocycles. The van der Waals surface area contributed by atoms with Crippen LogP contribution in [0.3, 0.4) is 0 Å². The highest BCUT2D eigenvalue weighted by Crippen LogP contribution is 2.20. The van der Waals surface area contributed by atoms with Crippen LogP contribution in [0, 0.1) is 0 Å². The summed E-state index contributed by atoms with van der Waals surface area (Å²) in [4.78, 5) is 12.5. The Balaban J connectivity index is 1.96. The molecule has 1 saturated heterocycles. The van der Waals surface area contributed by atoms with Crippen LogP contribution < -0.4 is 0 Å². The molecule has 0 spiro atoms. The molecule has 1 heterocycles. The quantitative estimate of drug-likeness (QED) is 0.702. The maximum absolute atomic E-state index is 10.3. The molecule has 1 aromatic carbocycles. The molecule has 0 N–H and O–H groups in total. The normalized spacial score (nSPS) is 21.5. The molecule has 1 fully saturated rings. The fourth-order valence-electron chi connectivity index (χ4n) is 2.01. The van der Waals surface area contributed by atoms with Crippen LogP contribution in [0.25, 0.3) is 0 Å². The van der Waals surface area contributed by atoms with Gasteiger partial charge in [0.1, 0.15) is 0 Å². The zero-order chi connectivity index (χ0) is 10.5. The average Bonchev–Trinajstić information content (AvgIpc) is 2.68. The van der Waals surface area contributed by atoms with Crippen LogP contribution in [0.15, 0.2) is 30.3 Å². The summed E-state index contributed by atoms with van der Waals surface area (Å²) in [5.41, 5.74) is 1.26. The lowest BCUT2D eigenvalue weighted by Crippen LogP contribution is -2.30. The summed E-state index contributed by atoms with van der Waals surface area (Å²) in [6.45, 7) is 2.42. The SMILES string of the molecule is O=COC1CCCN1Cc1ccccc1. The van der Waals surface area contributed by atoms with Crippen LogP contribution in [0.4, 0.5) is 0 Å². The van der Waals surface area contributed by atoms with Crippen LogP contribution in [0.5, 0.6) is 0 Å². The molecule has 1 atom stereocenters. The second-order valence-corrected chi connectivity index (χ2v) is 3.79. The minimum Gasteiger partial charge on any atom is -0.449 e. The van der Waals surface area contributed by atoms with Crippen LogP contribution in [-0.4, -0.2) is 24.1 Å². The maximum atomic E-state index is 10.3. The number of ether oxygens (including phenoxy) is 1. The van der Waals surface area contributed by atoms with Crippen molar-refractivity contribution in [2.24, 2.45) is 0 Å². The molecular weight excluding hydrogens is 190 g/mol. The van der Waals surface area contributed by atoms with Crippen molar-refractivity contribution in [1.82, 2.24) is 4.90 Å². The molecule has 0 radical (unpaired) electrons. The van der Waals surface area contributed by atoms with Gasteiger partial charge in [0.15, 0.2) is 6.23 Å². The minimum absolute atomic E-state index is 0.0253. The smallest absolute Gasteiger partial charge is 0.294 e. The number of likely N-dealkylation sites (tertiary alicyclic amines) is 1. The summed E-state index contributed by atoms with van der Waals surface area (Å²) in [5.74, 6) is 0. The Hall–Kier alpha value is -1.35. The van der Waals surface area contributed by atoms with Gasteiger partial charge in [-0.05, 0) is 18.4 Å². The molecule has 2 rings (SSSR count). The number of hydrogen-bond acceptors (Lipinski definition) is 3. The van der Waals surface area contributed by atoms with Gasteiger partial charge >= 0.3 is 0 Å². The lowest BCUT2D eigenvalue weighted by Gasteiger charge is -2.22. The number of rotatable bonds is 4. The molecule has 1 aromatic rings. The van der Waals surface area contributed by atoms with Crippen molar-refractivity contribution in [2.45, 2.75) is 25.6 Å². The first kappa shape index (κ1) is 10.2. The van der Waals surface area contributed by atoms with E-state index in [0.29, 0.717) is 6.47 Å². The Morgan fingerprint density at radius 3 is 2.93 bits per heavy atom. The lowest BCUT2D eigenvalue weighted by atomic mass is 10.2. The van der Waals surface area contributed by atoms with E-state index in [1.54, 1.807) is 0 Å². The summed E-state index contributed by atoms with van der Waals surface area (Å²) >= 11 is 0. The van der Waals surface area contributed by atoms with Crippen LogP contribution in [-0.2, 0) is 16.1 Å². The third-order valence-electron chi connectivity index (χ3n) is 2.74. The van der Waals surface area contributed by atoms with Gasteiger partial charge in [-0.3, -0.25) is 9.69 Å². The Kier molecular flexibility index (Phi) is 3.35. The second-order valence-electron chi connectivity index (χ2n) is 3.79. The molecule has 3 heteroatoms. The van der Waals surface area contributed by atoms with Gasteiger partial charge in [-0.2, -0.15) is 0 Å². The fraction of sp³-hybridized carbons (Fsp3) is 0.417. The molecule has 0 bridgehead atoms. The van der Waals surface area contributed by atoms with E-state index in [2.05, 4.69) is 17.0 Å². The molecular formula is C12H15NO2. The van der Waals surface area contributed by atoms with Crippen molar-refractivity contribution in [2.75, 3.05) is 6.54 Å². The van der Waals surface area contributed by atoms with Gasteiger partial charge in [0.25, 0.3) is 6.47 Å². The van der Waals surface area contributed by atoms with Crippen molar-refractivity contribution in [3.8, 4) is 0 Å². The van der Waals surface area contributed by atoms with Gasteiger partial charge in [-0.25, -0.2) is 0 Å². The number of carbonyl (C=O) groups is 1. The van der Waals surface area contributed by atoms with E-state index in [4.69, 9.17) is 4.74 Å². The number of hydrogen-bond donors (Lipinski definition) is 0. The maximum Gasteiger partial charge on any atom is 0.294 e. The Morgan fingerprint density at radius 1 is 1.40 bits per heavy atom. The standard InChI is InChI=1S/C12H15NO2/c14-10-15-12-7-4-8-13(12)9-11-5-2-1-3-6-11/h1-3,5-6,10,12H,4,7-9H2. The highest BCUT2D eigenvalue weighted by molar-refractivity contribution is 5.37. The van der Waals surface area contributed by atoms with Crippen molar-refractivity contribution < 1.29 is 9.53 Å². The Labute approximate surface area is 89.7 Å². The number of carbonyl (C=O) groups excluding carboxylic acids is 1. The van der Waals surface area contributed by atoms with Crippen LogP contribution >= 0.6 is 0 Å². The summed E-state index contributed by atoms with van der Waals surface area (Å²) < 4.78 is 5.03. The predicted molar refractivity (Wildman–Crippen MR) is 57.0 cm³/mol. The van der Waals surface area contributed by atoms with Gasteiger partial charge in [0.2, 0.25) is 0 Å². The zero-order valence-corrected chi connectivity index (χ0v) is 8.63. The number of benzene rings is 1. The topological polar surface area (TPSA) is 29.5 Å². The van der Waals surface area contributed by atoms with E-state index < -0.39 is 0 Å². The van der Waals surface area contributed by atoms with Crippen LogP contribution in [0.2, 0.25) is 0 Å². The van der Waals surface area contributed by atoms with E-state index >= 15 is 0 Å². The third-order valence-corrected chi connectivity index (χ3v) is 2.74. The summed E-state index contributed by atoms with van der Waals surface area (Å²) in [6.07, 6.45) is 2.03. The minimum atomic E-state index is -0.0253. The van der Waals surface area contributed by atoms with Crippen molar-refractivity contribution in [3.05, 3.63) is 35.9 Å². The first-order valence-corrected chi connectivity index (χ1v) is 5.27. The molecule has 80 valence electrons. The highest BCUT2D eigenvalue weighted by atomic mass is 16.5. The molecule has 0 saturated carbocycles. The van der Waals surface area contributed by atoms with Gasteiger partial charge in [-0.15, -0.1) is 0 Å². The van der Waals surface area contributed by atoms with E-state index in [9.17, 15) is 4.79 Å². The first-order chi connectivity index (χ1) is 7.40. The Bertz CT molecular complexity index is 313. The van der Waals surface area contributed by atoms with E-state index in [1.165, 1.54) is 5.56 Å². The summed E-state index contributed by atoms with van der Waals surface area (Å²) in [6, 6.07) is 10.3. The summed E-state index contributed by atoms with van der Waals surface area (Å²) in [7, 11) is 0. The highest BCUT2D eigenvalue weighted by Gasteiger charge is 2.25. The van der Waals surface area contributed by atoms with E-state index in [-0.39, 0.29) is 6.23 Å². The average molecular weight is 205 g/mol. The molecule has 1 unspecified atom stereocenters. The van der Waals surface area contributed by atoms with E-state index in [1.807, 2.05) is 18.2 Å². The van der Waals surface area contributed by atoms with Crippen LogP contribution in [0.1, 0.15) is 18.4 Å². The zero-order valence-electron chi connectivity index (χ0n) is 8.63. The molecule has 0 amide bonds. The molecule has 0 aliphatic carbocycles. The van der Waals surface area contributed by atoms with Crippen molar-refractivity contribution in [3.63, 3.8) is 0 Å². The molecule has 3 nitrogen and oxygen atoms in total. The van der Waals surface area contributed by atoms with Crippen molar-refractivity contribution >= 4 is 6.47 Å². The van der Waals surface area contributed by atoms with Crippen molar-refractivity contribution in [1.29, 1.82) is 0 Å². The monoisotopic (exact) mass is 205 g/mol. The molecule has 15 heavy (non-hydrogen) atoms. The molecule has 0 aromatic heterocycles. The van der Waals surface area contributed by atoms with Gasteiger partial charge in [-0.1, -0.05) is 30.3 Å². The lowest BCUT2D eigenvalue weighted by molar-refractivity contribution is -0.141. The predicted octanol–water partition coefficient (Wildman–Crippen LogP) is 1.78. The van der Waals surface area contributed by atoms with Gasteiger partial charge in [0.05, 0.1) is 0 Å². The van der Waals surface area contributed by atoms with E-state index in [0.717, 1.165) is 25.9 Å². The molecule has 1 aliphatic rings. The summed E-state index contributed by atoms with van der Waals surface area (Å²) in [5, 5.41) is 0. The van der Waals surface area contributed by atoms with Gasteiger partial charge in [0, 0.05) is 13.1 Å². The second kappa shape index (κ2) is 4.94. The Morgan fingerprint density at radius 2 is 2.20 bits per heavy atom.